The molecule has 3 aromatic rings. The molecule has 6 heteroatoms. The van der Waals surface area contributed by atoms with Gasteiger partial charge in [-0.15, -0.1) is 0 Å². The molecule has 0 aliphatic carbocycles. The Morgan fingerprint density at radius 3 is 2.73 bits per heavy atom. The van der Waals surface area contributed by atoms with Gasteiger partial charge in [0, 0.05) is 18.5 Å². The van der Waals surface area contributed by atoms with Crippen molar-refractivity contribution < 1.29 is 9.59 Å². The number of amides is 2. The second-order valence-corrected chi connectivity index (χ2v) is 6.43. The average Bonchev–Trinajstić information content (AvgIpc) is 3.02. The average molecular weight is 347 g/mol. The highest BCUT2D eigenvalue weighted by molar-refractivity contribution is 5.93. The molecule has 1 aliphatic heterocycles. The normalized spacial score (nSPS) is 14.3. The zero-order valence-corrected chi connectivity index (χ0v) is 14.3. The van der Waals surface area contributed by atoms with E-state index in [9.17, 15) is 9.59 Å². The fourth-order valence-corrected chi connectivity index (χ4v) is 3.45. The number of aromatic nitrogens is 2. The lowest BCUT2D eigenvalue weighted by atomic mass is 10.0. The molecule has 1 aliphatic rings. The molecule has 0 bridgehead atoms. The highest BCUT2D eigenvalue weighted by Gasteiger charge is 2.23. The predicted octanol–water partition coefficient (Wildman–Crippen LogP) is 2.29. The zero-order valence-electron chi connectivity index (χ0n) is 14.3. The maximum Gasteiger partial charge on any atom is 0.340 e. The van der Waals surface area contributed by atoms with E-state index >= 15 is 0 Å². The molecule has 1 aromatic heterocycles. The first-order chi connectivity index (χ1) is 12.6. The molecule has 4 rings (SSSR count). The van der Waals surface area contributed by atoms with Crippen LogP contribution in [0.3, 0.4) is 0 Å². The summed E-state index contributed by atoms with van der Waals surface area (Å²) in [5.41, 5.74) is 9.37. The molecule has 0 saturated carbocycles. The van der Waals surface area contributed by atoms with Gasteiger partial charge in [-0.1, -0.05) is 36.4 Å². The number of carbonyl (C=O) groups excluding carboxylic acids is 2. The van der Waals surface area contributed by atoms with Crippen LogP contribution in [0.25, 0.3) is 10.9 Å². The lowest BCUT2D eigenvalue weighted by Gasteiger charge is -2.21. The number of nitrogens with two attached hydrogens (primary N) is 1. The smallest absolute Gasteiger partial charge is 0.340 e. The molecule has 0 unspecified atom stereocenters. The number of fused-ring (bicyclic) bond motifs is 3. The zero-order chi connectivity index (χ0) is 18.1. The number of carbonyl (C=O) groups is 2. The Kier molecular flexibility index (Phi) is 4.16. The lowest BCUT2D eigenvalue weighted by Crippen LogP contribution is -2.31. The standard InChI is InChI=1S/C20H19N4O2/c21-20(26)24-18-8-6-15-7-9-19(25)23(13-17(15)16(18)12-22-24)11-10-14-4-2-1-3-5-14/h1-6,8-9,12H,7,10-11,13H2,(H2,21,26). The van der Waals surface area contributed by atoms with Gasteiger partial charge in [-0.05, 0) is 35.6 Å². The van der Waals surface area contributed by atoms with Crippen LogP contribution in [0.15, 0.2) is 48.7 Å². The highest BCUT2D eigenvalue weighted by atomic mass is 16.2. The molecule has 0 atom stereocenters. The van der Waals surface area contributed by atoms with E-state index in [0.29, 0.717) is 25.0 Å². The fraction of sp³-hybridized carbons (Fsp3) is 0.200. The minimum Gasteiger partial charge on any atom is -0.350 e. The van der Waals surface area contributed by atoms with Crippen LogP contribution in [-0.4, -0.2) is 33.2 Å². The first kappa shape index (κ1) is 16.3. The van der Waals surface area contributed by atoms with Crippen molar-refractivity contribution in [1.29, 1.82) is 0 Å². The third-order valence-corrected chi connectivity index (χ3v) is 4.84. The van der Waals surface area contributed by atoms with E-state index in [1.54, 1.807) is 12.6 Å². The van der Waals surface area contributed by atoms with Crippen molar-refractivity contribution in [2.24, 2.45) is 5.73 Å². The summed E-state index contributed by atoms with van der Waals surface area (Å²) in [7, 11) is 0. The molecular formula is C20H19N4O2. The summed E-state index contributed by atoms with van der Waals surface area (Å²) >= 11 is 0. The maximum absolute atomic E-state index is 12.5. The third kappa shape index (κ3) is 2.94. The maximum atomic E-state index is 12.5. The van der Waals surface area contributed by atoms with Crippen LogP contribution < -0.4 is 5.73 Å². The molecule has 2 heterocycles. The number of hydrogen-bond acceptors (Lipinski definition) is 3. The molecule has 6 nitrogen and oxygen atoms in total. The summed E-state index contributed by atoms with van der Waals surface area (Å²) in [4.78, 5) is 25.9. The first-order valence-corrected chi connectivity index (χ1v) is 8.58. The van der Waals surface area contributed by atoms with Gasteiger partial charge in [0.15, 0.2) is 0 Å². The summed E-state index contributed by atoms with van der Waals surface area (Å²) in [6.45, 7) is 1.14. The molecule has 0 fully saturated rings. The molecule has 0 spiro atoms. The summed E-state index contributed by atoms with van der Waals surface area (Å²) in [5.74, 6) is 0.0348. The largest absolute Gasteiger partial charge is 0.350 e. The summed E-state index contributed by atoms with van der Waals surface area (Å²) in [5, 5.41) is 4.97. The number of nitrogens with zero attached hydrogens (tertiary/aromatic N) is 3. The van der Waals surface area contributed by atoms with Gasteiger partial charge in [0.1, 0.15) is 0 Å². The topological polar surface area (TPSA) is 81.2 Å². The van der Waals surface area contributed by atoms with Crippen LogP contribution in [0, 0.1) is 6.42 Å². The minimum atomic E-state index is -0.614. The molecule has 2 amide bonds. The van der Waals surface area contributed by atoms with E-state index in [2.05, 4.69) is 17.2 Å². The van der Waals surface area contributed by atoms with Gasteiger partial charge in [-0.25, -0.2) is 4.79 Å². The van der Waals surface area contributed by atoms with Crippen LogP contribution in [0.1, 0.15) is 16.7 Å². The van der Waals surface area contributed by atoms with Gasteiger partial charge in [0.2, 0.25) is 5.91 Å². The summed E-state index contributed by atoms with van der Waals surface area (Å²) in [6.07, 6.45) is 4.76. The van der Waals surface area contributed by atoms with Crippen molar-refractivity contribution in [2.45, 2.75) is 19.4 Å². The molecule has 131 valence electrons. The quantitative estimate of drug-likeness (QED) is 0.789. The van der Waals surface area contributed by atoms with Crippen LogP contribution in [0.4, 0.5) is 4.79 Å². The van der Waals surface area contributed by atoms with Crippen LogP contribution in [0.2, 0.25) is 0 Å². The number of hydrogen-bond donors (Lipinski definition) is 1. The Morgan fingerprint density at radius 1 is 1.15 bits per heavy atom. The van der Waals surface area contributed by atoms with E-state index < -0.39 is 6.03 Å². The van der Waals surface area contributed by atoms with E-state index in [-0.39, 0.29) is 5.91 Å². The summed E-state index contributed by atoms with van der Waals surface area (Å²) < 4.78 is 1.19. The Hall–Kier alpha value is -3.15. The van der Waals surface area contributed by atoms with E-state index in [1.807, 2.05) is 35.2 Å². The predicted molar refractivity (Wildman–Crippen MR) is 98.3 cm³/mol. The third-order valence-electron chi connectivity index (χ3n) is 4.84. The van der Waals surface area contributed by atoms with E-state index in [0.717, 1.165) is 22.9 Å². The molecule has 0 saturated heterocycles. The van der Waals surface area contributed by atoms with E-state index in [4.69, 9.17) is 5.73 Å². The molecular weight excluding hydrogens is 328 g/mol. The number of benzene rings is 2. The van der Waals surface area contributed by atoms with Crippen molar-refractivity contribution in [2.75, 3.05) is 6.54 Å². The van der Waals surface area contributed by atoms with Crippen molar-refractivity contribution in [3.05, 3.63) is 71.8 Å². The Labute approximate surface area is 151 Å². The van der Waals surface area contributed by atoms with Gasteiger partial charge >= 0.3 is 6.03 Å². The Balaban J connectivity index is 1.65. The van der Waals surface area contributed by atoms with Crippen molar-refractivity contribution in [3.8, 4) is 0 Å². The van der Waals surface area contributed by atoms with Gasteiger partial charge < -0.3 is 10.6 Å². The molecule has 1 radical (unpaired) electrons. The summed E-state index contributed by atoms with van der Waals surface area (Å²) in [6, 6.07) is 13.3. The van der Waals surface area contributed by atoms with Gasteiger partial charge in [-0.2, -0.15) is 9.78 Å². The van der Waals surface area contributed by atoms with Gasteiger partial charge in [0.25, 0.3) is 0 Å². The lowest BCUT2D eigenvalue weighted by molar-refractivity contribution is -0.128. The van der Waals surface area contributed by atoms with Crippen molar-refractivity contribution in [3.63, 3.8) is 0 Å². The van der Waals surface area contributed by atoms with Gasteiger partial charge in [0.05, 0.1) is 18.1 Å². The van der Waals surface area contributed by atoms with Crippen molar-refractivity contribution >= 4 is 22.8 Å². The second-order valence-electron chi connectivity index (χ2n) is 6.43. The Bertz CT molecular complexity index is 978. The molecule has 2 aromatic carbocycles. The minimum absolute atomic E-state index is 0.0348. The van der Waals surface area contributed by atoms with Crippen LogP contribution >= 0.6 is 0 Å². The molecule has 2 N–H and O–H groups in total. The number of primary amides is 1. The second kappa shape index (κ2) is 6.63. The fourth-order valence-electron chi connectivity index (χ4n) is 3.45. The van der Waals surface area contributed by atoms with Crippen LogP contribution in [-0.2, 0) is 24.2 Å². The Morgan fingerprint density at radius 2 is 1.96 bits per heavy atom. The van der Waals surface area contributed by atoms with E-state index in [1.165, 1.54) is 10.2 Å². The SMILES string of the molecule is NC(=O)n1ncc2c3c(ccc21)C[CH]C(=O)N(CCc1ccccc1)C3. The number of rotatable bonds is 3. The highest BCUT2D eigenvalue weighted by Crippen LogP contribution is 2.27. The monoisotopic (exact) mass is 347 g/mol. The first-order valence-electron chi connectivity index (χ1n) is 8.58. The van der Waals surface area contributed by atoms with Crippen molar-refractivity contribution in [1.82, 2.24) is 14.7 Å². The van der Waals surface area contributed by atoms with Crippen LogP contribution in [0.5, 0.6) is 0 Å². The van der Waals surface area contributed by atoms with Gasteiger partial charge in [-0.3, -0.25) is 4.79 Å². The molecule has 26 heavy (non-hydrogen) atoms.